The van der Waals surface area contributed by atoms with Crippen molar-refractivity contribution in [2.45, 2.75) is 0 Å². The summed E-state index contributed by atoms with van der Waals surface area (Å²) in [7, 11) is 3.01. The summed E-state index contributed by atoms with van der Waals surface area (Å²) in [6.45, 7) is 0. The molecular weight excluding hydrogens is 236 g/mol. The topological polar surface area (TPSA) is 84.4 Å². The minimum Gasteiger partial charge on any atom is -0.493 e. The lowest BCUT2D eigenvalue weighted by Crippen LogP contribution is -2.09. The monoisotopic (exact) mass is 248 g/mol. The molecule has 2 N–H and O–H groups in total. The van der Waals surface area contributed by atoms with E-state index in [0.717, 1.165) is 6.33 Å². The van der Waals surface area contributed by atoms with Gasteiger partial charge in [0.05, 0.1) is 20.5 Å². The summed E-state index contributed by atoms with van der Waals surface area (Å²) in [5.41, 5.74) is 0.174. The van der Waals surface area contributed by atoms with Crippen LogP contribution in [0.5, 0.6) is 17.4 Å². The van der Waals surface area contributed by atoms with Crippen LogP contribution in [0, 0.1) is 0 Å². The Kier molecular flexibility index (Phi) is 3.18. The zero-order valence-corrected chi connectivity index (χ0v) is 9.93. The van der Waals surface area contributed by atoms with Crippen molar-refractivity contribution in [3.05, 3.63) is 34.9 Å². The van der Waals surface area contributed by atoms with Gasteiger partial charge in [0.15, 0.2) is 11.5 Å². The molecule has 0 fully saturated rings. The van der Waals surface area contributed by atoms with Gasteiger partial charge in [0.2, 0.25) is 5.88 Å². The van der Waals surface area contributed by atoms with Gasteiger partial charge in [-0.25, -0.2) is 4.98 Å². The lowest BCUT2D eigenvalue weighted by Gasteiger charge is -2.09. The van der Waals surface area contributed by atoms with Gasteiger partial charge in [-0.15, -0.1) is 0 Å². The summed E-state index contributed by atoms with van der Waals surface area (Å²) >= 11 is 0. The smallest absolute Gasteiger partial charge is 0.262 e. The Hall–Kier alpha value is -2.50. The van der Waals surface area contributed by atoms with Gasteiger partial charge in [0.1, 0.15) is 5.56 Å². The quantitative estimate of drug-likeness (QED) is 0.851. The van der Waals surface area contributed by atoms with Crippen LogP contribution < -0.4 is 15.0 Å². The molecule has 94 valence electrons. The van der Waals surface area contributed by atoms with Crippen LogP contribution in [0.15, 0.2) is 29.3 Å². The maximum absolute atomic E-state index is 11.7. The first-order valence-corrected chi connectivity index (χ1v) is 5.16. The van der Waals surface area contributed by atoms with Crippen LogP contribution in [0.1, 0.15) is 0 Å². The Morgan fingerprint density at radius 2 is 1.94 bits per heavy atom. The fourth-order valence-electron chi connectivity index (χ4n) is 1.64. The zero-order valence-electron chi connectivity index (χ0n) is 9.93. The average molecular weight is 248 g/mol. The fraction of sp³-hybridized carbons (Fsp3) is 0.167. The third-order valence-electron chi connectivity index (χ3n) is 2.51. The van der Waals surface area contributed by atoms with Crippen LogP contribution in [-0.4, -0.2) is 29.3 Å². The zero-order chi connectivity index (χ0) is 13.1. The summed E-state index contributed by atoms with van der Waals surface area (Å²) in [5.74, 6) is 0.685. The van der Waals surface area contributed by atoms with Crippen molar-refractivity contribution in [3.63, 3.8) is 0 Å². The molecule has 6 heteroatoms. The molecule has 0 aliphatic carbocycles. The van der Waals surface area contributed by atoms with Crippen LogP contribution in [0.2, 0.25) is 0 Å². The SMILES string of the molecule is COc1ccc(-c2c(O)nc[nH]c2=O)cc1OC. The highest BCUT2D eigenvalue weighted by atomic mass is 16.5. The van der Waals surface area contributed by atoms with E-state index in [1.54, 1.807) is 18.2 Å². The molecule has 0 amide bonds. The normalized spacial score (nSPS) is 10.1. The Morgan fingerprint density at radius 1 is 1.22 bits per heavy atom. The largest absolute Gasteiger partial charge is 0.493 e. The van der Waals surface area contributed by atoms with E-state index in [2.05, 4.69) is 9.97 Å². The average Bonchev–Trinajstić information content (AvgIpc) is 2.38. The summed E-state index contributed by atoms with van der Waals surface area (Å²) in [6.07, 6.45) is 1.14. The molecule has 1 aromatic carbocycles. The Morgan fingerprint density at radius 3 is 2.56 bits per heavy atom. The third kappa shape index (κ3) is 2.00. The Balaban J connectivity index is 2.62. The number of benzene rings is 1. The molecule has 0 radical (unpaired) electrons. The van der Waals surface area contributed by atoms with Gasteiger partial charge >= 0.3 is 0 Å². The number of aromatic nitrogens is 2. The van der Waals surface area contributed by atoms with Crippen molar-refractivity contribution < 1.29 is 14.6 Å². The van der Waals surface area contributed by atoms with Crippen molar-refractivity contribution in [1.82, 2.24) is 9.97 Å². The number of aromatic hydroxyl groups is 1. The maximum atomic E-state index is 11.7. The summed E-state index contributed by atoms with van der Waals surface area (Å²) < 4.78 is 10.2. The number of aromatic amines is 1. The van der Waals surface area contributed by atoms with E-state index in [9.17, 15) is 9.90 Å². The van der Waals surface area contributed by atoms with Crippen molar-refractivity contribution in [3.8, 4) is 28.5 Å². The van der Waals surface area contributed by atoms with Crippen LogP contribution in [0.3, 0.4) is 0 Å². The number of hydrogen-bond acceptors (Lipinski definition) is 5. The van der Waals surface area contributed by atoms with Crippen LogP contribution in [0.4, 0.5) is 0 Å². The molecule has 0 bridgehead atoms. The second-order valence-corrected chi connectivity index (χ2v) is 3.50. The Bertz CT molecular complexity index is 622. The van der Waals surface area contributed by atoms with Gasteiger partial charge in [-0.05, 0) is 17.7 Å². The molecule has 0 spiro atoms. The number of rotatable bonds is 3. The molecule has 6 nitrogen and oxygen atoms in total. The van der Waals surface area contributed by atoms with E-state index in [1.807, 2.05) is 0 Å². The van der Waals surface area contributed by atoms with E-state index in [-0.39, 0.29) is 11.4 Å². The van der Waals surface area contributed by atoms with E-state index in [4.69, 9.17) is 9.47 Å². The number of hydrogen-bond donors (Lipinski definition) is 2. The van der Waals surface area contributed by atoms with Gasteiger partial charge in [0, 0.05) is 0 Å². The van der Waals surface area contributed by atoms with Crippen molar-refractivity contribution >= 4 is 0 Å². The summed E-state index contributed by atoms with van der Waals surface area (Å²) in [5, 5.41) is 9.63. The van der Waals surface area contributed by atoms with Gasteiger partial charge in [-0.1, -0.05) is 6.07 Å². The maximum Gasteiger partial charge on any atom is 0.262 e. The highest BCUT2D eigenvalue weighted by Gasteiger charge is 2.13. The molecule has 0 unspecified atom stereocenters. The minimum atomic E-state index is -0.422. The highest BCUT2D eigenvalue weighted by molar-refractivity contribution is 5.70. The van der Waals surface area contributed by atoms with E-state index < -0.39 is 5.56 Å². The lowest BCUT2D eigenvalue weighted by atomic mass is 10.1. The lowest BCUT2D eigenvalue weighted by molar-refractivity contribution is 0.355. The predicted molar refractivity (Wildman–Crippen MR) is 65.1 cm³/mol. The fourth-order valence-corrected chi connectivity index (χ4v) is 1.64. The molecule has 2 aromatic rings. The number of ether oxygens (including phenoxy) is 2. The molecule has 0 aliphatic heterocycles. The van der Waals surface area contributed by atoms with E-state index in [0.29, 0.717) is 17.1 Å². The molecule has 1 aromatic heterocycles. The number of nitrogens with one attached hydrogen (secondary N) is 1. The first-order valence-electron chi connectivity index (χ1n) is 5.16. The van der Waals surface area contributed by atoms with Crippen LogP contribution in [0.25, 0.3) is 11.1 Å². The number of methoxy groups -OCH3 is 2. The second kappa shape index (κ2) is 4.79. The van der Waals surface area contributed by atoms with Crippen molar-refractivity contribution in [2.24, 2.45) is 0 Å². The first-order chi connectivity index (χ1) is 8.67. The molecule has 2 rings (SSSR count). The van der Waals surface area contributed by atoms with Gasteiger partial charge < -0.3 is 19.6 Å². The van der Waals surface area contributed by atoms with E-state index >= 15 is 0 Å². The minimum absolute atomic E-state index is 0.0958. The molecule has 0 saturated carbocycles. The van der Waals surface area contributed by atoms with Gasteiger partial charge in [0.25, 0.3) is 5.56 Å². The van der Waals surface area contributed by atoms with Crippen molar-refractivity contribution in [2.75, 3.05) is 14.2 Å². The number of nitrogens with zero attached hydrogens (tertiary/aromatic N) is 1. The highest BCUT2D eigenvalue weighted by Crippen LogP contribution is 2.33. The standard InChI is InChI=1S/C12H12N2O4/c1-17-8-4-3-7(5-9(8)18-2)10-11(15)13-6-14-12(10)16/h3-6H,1-2H3,(H2,13,14,15,16). The summed E-state index contributed by atoms with van der Waals surface area (Å²) in [6, 6.07) is 4.90. The second-order valence-electron chi connectivity index (χ2n) is 3.50. The first kappa shape index (κ1) is 12.0. The third-order valence-corrected chi connectivity index (χ3v) is 2.51. The molecular formula is C12H12N2O4. The number of H-pyrrole nitrogens is 1. The predicted octanol–water partition coefficient (Wildman–Crippen LogP) is 1.16. The van der Waals surface area contributed by atoms with Crippen molar-refractivity contribution in [1.29, 1.82) is 0 Å². The molecule has 0 atom stereocenters. The molecule has 18 heavy (non-hydrogen) atoms. The molecule has 0 aliphatic rings. The molecule has 1 heterocycles. The van der Waals surface area contributed by atoms with Gasteiger partial charge in [-0.3, -0.25) is 4.79 Å². The van der Waals surface area contributed by atoms with Gasteiger partial charge in [-0.2, -0.15) is 0 Å². The molecule has 0 saturated heterocycles. The summed E-state index contributed by atoms with van der Waals surface area (Å²) in [4.78, 5) is 17.7. The van der Waals surface area contributed by atoms with Crippen LogP contribution >= 0.6 is 0 Å². The van der Waals surface area contributed by atoms with Crippen LogP contribution in [-0.2, 0) is 0 Å². The van der Waals surface area contributed by atoms with E-state index in [1.165, 1.54) is 14.2 Å². The Labute approximate surface area is 103 Å².